The number of imidazole rings is 1. The number of hydrogen-bond donors (Lipinski definition) is 1. The third kappa shape index (κ3) is 3.87. The summed E-state index contributed by atoms with van der Waals surface area (Å²) in [6, 6.07) is 15.5. The maximum absolute atomic E-state index is 12.3. The van der Waals surface area contributed by atoms with Gasteiger partial charge in [0.15, 0.2) is 0 Å². The first-order valence-corrected chi connectivity index (χ1v) is 8.08. The van der Waals surface area contributed by atoms with Crippen molar-refractivity contribution >= 4 is 21.8 Å². The molecule has 0 spiro atoms. The van der Waals surface area contributed by atoms with Crippen molar-refractivity contribution in [1.82, 2.24) is 14.9 Å². The van der Waals surface area contributed by atoms with Gasteiger partial charge in [0.25, 0.3) is 5.91 Å². The fourth-order valence-corrected chi connectivity index (χ4v) is 2.84. The standard InChI is InChI=1S/C18H16BrN3O/c19-17-8-4-3-7-16(17)18(23)21-11-14-5-1-2-6-15(14)12-22-10-9-20-13-22/h1-10,13H,11-12H2,(H,21,23). The SMILES string of the molecule is O=C(NCc1ccccc1Cn1ccnc1)c1ccccc1Br. The number of nitrogens with one attached hydrogen (secondary N) is 1. The van der Waals surface area contributed by atoms with Crippen molar-refractivity contribution in [3.63, 3.8) is 0 Å². The zero-order valence-corrected chi connectivity index (χ0v) is 14.0. The van der Waals surface area contributed by atoms with E-state index in [0.717, 1.165) is 22.1 Å². The summed E-state index contributed by atoms with van der Waals surface area (Å²) < 4.78 is 2.80. The minimum Gasteiger partial charge on any atom is -0.348 e. The summed E-state index contributed by atoms with van der Waals surface area (Å²) in [7, 11) is 0. The van der Waals surface area contributed by atoms with Crippen molar-refractivity contribution in [2.45, 2.75) is 13.1 Å². The Kier molecular flexibility index (Phi) is 4.88. The first-order valence-electron chi connectivity index (χ1n) is 7.29. The Bertz CT molecular complexity index is 800. The average Bonchev–Trinajstić information content (AvgIpc) is 3.07. The summed E-state index contributed by atoms with van der Waals surface area (Å²) in [6.45, 7) is 1.23. The maximum atomic E-state index is 12.3. The van der Waals surface area contributed by atoms with Crippen LogP contribution in [-0.2, 0) is 13.1 Å². The number of carbonyl (C=O) groups is 1. The van der Waals surface area contributed by atoms with Gasteiger partial charge in [0.05, 0.1) is 11.9 Å². The minimum absolute atomic E-state index is 0.0880. The van der Waals surface area contributed by atoms with Crippen LogP contribution in [0, 0.1) is 0 Å². The quantitative estimate of drug-likeness (QED) is 0.746. The highest BCUT2D eigenvalue weighted by Crippen LogP contribution is 2.16. The first-order chi connectivity index (χ1) is 11.2. The van der Waals surface area contributed by atoms with E-state index in [1.807, 2.05) is 47.2 Å². The Labute approximate surface area is 143 Å². The molecule has 3 aromatic rings. The lowest BCUT2D eigenvalue weighted by molar-refractivity contribution is 0.0950. The highest BCUT2D eigenvalue weighted by Gasteiger charge is 2.10. The second kappa shape index (κ2) is 7.24. The lowest BCUT2D eigenvalue weighted by Crippen LogP contribution is -2.24. The molecule has 0 unspecified atom stereocenters. The number of halogens is 1. The number of nitrogens with zero attached hydrogens (tertiary/aromatic N) is 2. The Hall–Kier alpha value is -2.40. The zero-order valence-electron chi connectivity index (χ0n) is 12.4. The number of hydrogen-bond acceptors (Lipinski definition) is 2. The molecule has 116 valence electrons. The van der Waals surface area contributed by atoms with Gasteiger partial charge in [-0.15, -0.1) is 0 Å². The topological polar surface area (TPSA) is 46.9 Å². The highest BCUT2D eigenvalue weighted by atomic mass is 79.9. The molecule has 2 aromatic carbocycles. The van der Waals surface area contributed by atoms with Gasteiger partial charge >= 0.3 is 0 Å². The number of benzene rings is 2. The maximum Gasteiger partial charge on any atom is 0.252 e. The Balaban J connectivity index is 1.71. The largest absolute Gasteiger partial charge is 0.348 e. The van der Waals surface area contributed by atoms with Crippen molar-refractivity contribution < 1.29 is 4.79 Å². The summed E-state index contributed by atoms with van der Waals surface area (Å²) in [6.07, 6.45) is 5.48. The molecule has 1 N–H and O–H groups in total. The van der Waals surface area contributed by atoms with E-state index in [1.165, 1.54) is 0 Å². The van der Waals surface area contributed by atoms with Crippen molar-refractivity contribution in [2.75, 3.05) is 0 Å². The molecule has 0 aliphatic rings. The monoisotopic (exact) mass is 369 g/mol. The molecule has 4 nitrogen and oxygen atoms in total. The van der Waals surface area contributed by atoms with Crippen molar-refractivity contribution in [3.05, 3.63) is 88.4 Å². The fourth-order valence-electron chi connectivity index (χ4n) is 2.38. The van der Waals surface area contributed by atoms with Gasteiger partial charge in [-0.25, -0.2) is 4.98 Å². The van der Waals surface area contributed by atoms with E-state index in [0.29, 0.717) is 12.1 Å². The van der Waals surface area contributed by atoms with Gasteiger partial charge in [0.2, 0.25) is 0 Å². The molecule has 0 saturated heterocycles. The van der Waals surface area contributed by atoms with E-state index in [2.05, 4.69) is 32.3 Å². The van der Waals surface area contributed by atoms with Crippen molar-refractivity contribution in [1.29, 1.82) is 0 Å². The van der Waals surface area contributed by atoms with Gasteiger partial charge in [0.1, 0.15) is 0 Å². The molecule has 1 aromatic heterocycles. The molecular formula is C18H16BrN3O. The molecule has 0 atom stereocenters. The van der Waals surface area contributed by atoms with Crippen LogP contribution in [0.2, 0.25) is 0 Å². The van der Waals surface area contributed by atoms with Crippen LogP contribution in [0.3, 0.4) is 0 Å². The van der Waals surface area contributed by atoms with Crippen molar-refractivity contribution in [3.8, 4) is 0 Å². The average molecular weight is 370 g/mol. The summed E-state index contributed by atoms with van der Waals surface area (Å²) in [5, 5.41) is 2.98. The van der Waals surface area contributed by atoms with Crippen LogP contribution < -0.4 is 5.32 Å². The Morgan fingerprint density at radius 3 is 2.57 bits per heavy atom. The Morgan fingerprint density at radius 2 is 1.83 bits per heavy atom. The molecule has 1 amide bonds. The number of carbonyl (C=O) groups excluding carboxylic acids is 1. The highest BCUT2D eigenvalue weighted by molar-refractivity contribution is 9.10. The van der Waals surface area contributed by atoms with Gasteiger partial charge in [-0.05, 0) is 39.2 Å². The first kappa shape index (κ1) is 15.5. The molecule has 1 heterocycles. The van der Waals surface area contributed by atoms with Crippen LogP contribution in [0.1, 0.15) is 21.5 Å². The number of rotatable bonds is 5. The van der Waals surface area contributed by atoms with Gasteiger partial charge in [-0.1, -0.05) is 36.4 Å². The molecule has 0 radical (unpaired) electrons. The third-order valence-electron chi connectivity index (χ3n) is 3.59. The lowest BCUT2D eigenvalue weighted by Gasteiger charge is -2.12. The molecule has 3 rings (SSSR count). The predicted octanol–water partition coefficient (Wildman–Crippen LogP) is 3.62. The van der Waals surface area contributed by atoms with Crippen LogP contribution in [-0.4, -0.2) is 15.5 Å². The minimum atomic E-state index is -0.0880. The fraction of sp³-hybridized carbons (Fsp3) is 0.111. The second-order valence-corrected chi connectivity index (χ2v) is 6.02. The van der Waals surface area contributed by atoms with Crippen LogP contribution >= 0.6 is 15.9 Å². The molecule has 0 bridgehead atoms. The predicted molar refractivity (Wildman–Crippen MR) is 93.1 cm³/mol. The second-order valence-electron chi connectivity index (χ2n) is 5.17. The summed E-state index contributed by atoms with van der Waals surface area (Å²) in [4.78, 5) is 16.4. The van der Waals surface area contributed by atoms with Gasteiger partial charge in [-0.3, -0.25) is 4.79 Å². The third-order valence-corrected chi connectivity index (χ3v) is 4.28. The van der Waals surface area contributed by atoms with Crippen molar-refractivity contribution in [2.24, 2.45) is 0 Å². The van der Waals surface area contributed by atoms with E-state index in [9.17, 15) is 4.79 Å². The van der Waals surface area contributed by atoms with E-state index >= 15 is 0 Å². The molecule has 23 heavy (non-hydrogen) atoms. The molecule has 0 aliphatic heterocycles. The van der Waals surface area contributed by atoms with Gasteiger partial charge < -0.3 is 9.88 Å². The molecule has 5 heteroatoms. The number of aromatic nitrogens is 2. The molecule has 0 aliphatic carbocycles. The van der Waals surface area contributed by atoms with Gasteiger partial charge in [-0.2, -0.15) is 0 Å². The van der Waals surface area contributed by atoms with E-state index < -0.39 is 0 Å². The normalized spacial score (nSPS) is 10.5. The van der Waals surface area contributed by atoms with E-state index in [1.54, 1.807) is 18.6 Å². The van der Waals surface area contributed by atoms with Crippen LogP contribution in [0.4, 0.5) is 0 Å². The van der Waals surface area contributed by atoms with Crippen LogP contribution in [0.25, 0.3) is 0 Å². The summed E-state index contributed by atoms with van der Waals surface area (Å²) in [5.74, 6) is -0.0880. The molecular weight excluding hydrogens is 354 g/mol. The van der Waals surface area contributed by atoms with Gasteiger partial charge in [0, 0.05) is 30.0 Å². The van der Waals surface area contributed by atoms with Crippen LogP contribution in [0.15, 0.2) is 71.7 Å². The smallest absolute Gasteiger partial charge is 0.252 e. The Morgan fingerprint density at radius 1 is 1.09 bits per heavy atom. The summed E-state index contributed by atoms with van der Waals surface area (Å²) >= 11 is 3.41. The lowest BCUT2D eigenvalue weighted by atomic mass is 10.1. The van der Waals surface area contributed by atoms with E-state index in [-0.39, 0.29) is 5.91 Å². The zero-order chi connectivity index (χ0) is 16.1. The molecule has 0 saturated carbocycles. The molecule has 0 fully saturated rings. The number of amides is 1. The summed E-state index contributed by atoms with van der Waals surface area (Å²) in [5.41, 5.74) is 2.90. The van der Waals surface area contributed by atoms with E-state index in [4.69, 9.17) is 0 Å². The van der Waals surface area contributed by atoms with Crippen LogP contribution in [0.5, 0.6) is 0 Å².